The van der Waals surface area contributed by atoms with Gasteiger partial charge in [0, 0.05) is 29.4 Å². The average molecular weight is 369 g/mol. The van der Waals surface area contributed by atoms with E-state index in [0.29, 0.717) is 23.3 Å². The van der Waals surface area contributed by atoms with Gasteiger partial charge in [0.1, 0.15) is 6.33 Å². The van der Waals surface area contributed by atoms with Crippen LogP contribution in [0.5, 0.6) is 0 Å². The number of pyridine rings is 1. The Labute approximate surface area is 152 Å². The molecule has 136 valence electrons. The molecule has 0 aliphatic heterocycles. The molecule has 0 fully saturated rings. The molecule has 4 aromatic rings. The van der Waals surface area contributed by atoms with Crippen LogP contribution in [0.3, 0.4) is 0 Å². The first-order valence-corrected chi connectivity index (χ1v) is 8.15. The Bertz CT molecular complexity index is 1070. The highest BCUT2D eigenvalue weighted by Gasteiger charge is 2.30. The van der Waals surface area contributed by atoms with Crippen molar-refractivity contribution in [1.29, 1.82) is 0 Å². The van der Waals surface area contributed by atoms with Crippen LogP contribution in [0.2, 0.25) is 0 Å². The van der Waals surface area contributed by atoms with E-state index in [1.165, 1.54) is 18.6 Å². The number of hydrogen-bond donors (Lipinski definition) is 2. The lowest BCUT2D eigenvalue weighted by atomic mass is 10.1. The molecule has 0 saturated carbocycles. The monoisotopic (exact) mass is 369 g/mol. The molecule has 5 nitrogen and oxygen atoms in total. The number of aromatic nitrogens is 4. The van der Waals surface area contributed by atoms with Crippen LogP contribution in [0, 0.1) is 0 Å². The van der Waals surface area contributed by atoms with Crippen molar-refractivity contribution in [1.82, 2.24) is 20.2 Å². The number of nitrogens with one attached hydrogen (secondary N) is 2. The van der Waals surface area contributed by atoms with Crippen molar-refractivity contribution in [2.45, 2.75) is 12.7 Å². The largest absolute Gasteiger partial charge is 0.416 e. The van der Waals surface area contributed by atoms with Gasteiger partial charge in [0.05, 0.1) is 11.1 Å². The maximum absolute atomic E-state index is 12.9. The zero-order valence-corrected chi connectivity index (χ0v) is 14.0. The Morgan fingerprint density at radius 2 is 1.89 bits per heavy atom. The molecule has 2 N–H and O–H groups in total. The van der Waals surface area contributed by atoms with E-state index in [1.807, 2.05) is 24.3 Å². The molecule has 0 radical (unpaired) electrons. The van der Waals surface area contributed by atoms with Crippen LogP contribution in [0.15, 0.2) is 61.1 Å². The van der Waals surface area contributed by atoms with Crippen molar-refractivity contribution in [2.75, 3.05) is 5.32 Å². The zero-order valence-electron chi connectivity index (χ0n) is 14.0. The van der Waals surface area contributed by atoms with E-state index in [4.69, 9.17) is 0 Å². The SMILES string of the molecule is FC(F)(F)c1ccc2c(NCc3cccc(-c4ncn[nH]4)c3)ccnc2c1. The molecule has 4 rings (SSSR count). The lowest BCUT2D eigenvalue weighted by molar-refractivity contribution is -0.137. The summed E-state index contributed by atoms with van der Waals surface area (Å²) >= 11 is 0. The van der Waals surface area contributed by atoms with Crippen LogP contribution in [0.25, 0.3) is 22.3 Å². The van der Waals surface area contributed by atoms with E-state index in [9.17, 15) is 13.2 Å². The highest BCUT2D eigenvalue weighted by molar-refractivity contribution is 5.91. The van der Waals surface area contributed by atoms with Gasteiger partial charge in [-0.2, -0.15) is 18.3 Å². The van der Waals surface area contributed by atoms with Crippen molar-refractivity contribution < 1.29 is 13.2 Å². The summed E-state index contributed by atoms with van der Waals surface area (Å²) in [6.45, 7) is 0.502. The Hall–Kier alpha value is -3.42. The van der Waals surface area contributed by atoms with Gasteiger partial charge in [-0.05, 0) is 29.8 Å². The predicted molar refractivity (Wildman–Crippen MR) is 95.9 cm³/mol. The van der Waals surface area contributed by atoms with E-state index in [-0.39, 0.29) is 0 Å². The summed E-state index contributed by atoms with van der Waals surface area (Å²) in [5, 5.41) is 10.6. The second-order valence-electron chi connectivity index (χ2n) is 5.98. The first-order chi connectivity index (χ1) is 13.0. The molecule has 0 unspecified atom stereocenters. The molecule has 0 aliphatic carbocycles. The van der Waals surface area contributed by atoms with Crippen molar-refractivity contribution in [3.8, 4) is 11.4 Å². The lowest BCUT2D eigenvalue weighted by Crippen LogP contribution is -2.05. The van der Waals surface area contributed by atoms with Gasteiger partial charge in [-0.1, -0.05) is 24.3 Å². The summed E-state index contributed by atoms with van der Waals surface area (Å²) in [5.41, 5.74) is 2.21. The van der Waals surface area contributed by atoms with Crippen LogP contribution in [0.1, 0.15) is 11.1 Å². The fourth-order valence-corrected chi connectivity index (χ4v) is 2.85. The fourth-order valence-electron chi connectivity index (χ4n) is 2.85. The number of H-pyrrole nitrogens is 1. The number of benzene rings is 2. The standard InChI is InChI=1S/C19H14F3N5/c20-19(21,22)14-4-5-15-16(6-7-23-17(15)9-14)24-10-12-2-1-3-13(8-12)18-25-11-26-27-18/h1-9,11H,10H2,(H,23,24)(H,25,26,27). The summed E-state index contributed by atoms with van der Waals surface area (Å²) in [6, 6.07) is 13.1. The third kappa shape index (κ3) is 3.59. The molecule has 2 aromatic carbocycles. The van der Waals surface area contributed by atoms with Gasteiger partial charge >= 0.3 is 6.18 Å². The van der Waals surface area contributed by atoms with E-state index < -0.39 is 11.7 Å². The van der Waals surface area contributed by atoms with Crippen LogP contribution < -0.4 is 5.32 Å². The van der Waals surface area contributed by atoms with Crippen molar-refractivity contribution in [3.05, 3.63) is 72.2 Å². The van der Waals surface area contributed by atoms with Gasteiger partial charge in [0.25, 0.3) is 0 Å². The Kier molecular flexibility index (Phi) is 4.23. The van der Waals surface area contributed by atoms with Crippen molar-refractivity contribution >= 4 is 16.6 Å². The quantitative estimate of drug-likeness (QED) is 0.549. The summed E-state index contributed by atoms with van der Waals surface area (Å²) in [7, 11) is 0. The lowest BCUT2D eigenvalue weighted by Gasteiger charge is -2.12. The van der Waals surface area contributed by atoms with E-state index >= 15 is 0 Å². The normalized spacial score (nSPS) is 11.7. The number of nitrogens with zero attached hydrogens (tertiary/aromatic N) is 3. The Balaban J connectivity index is 1.58. The van der Waals surface area contributed by atoms with Crippen molar-refractivity contribution in [3.63, 3.8) is 0 Å². The number of alkyl halides is 3. The highest BCUT2D eigenvalue weighted by Crippen LogP contribution is 2.32. The van der Waals surface area contributed by atoms with Gasteiger partial charge in [-0.3, -0.25) is 10.1 Å². The first-order valence-electron chi connectivity index (χ1n) is 8.15. The van der Waals surface area contributed by atoms with Gasteiger partial charge in [0.2, 0.25) is 0 Å². The molecule has 0 amide bonds. The van der Waals surface area contributed by atoms with Crippen molar-refractivity contribution in [2.24, 2.45) is 0 Å². The number of aromatic amines is 1. The second kappa shape index (κ2) is 6.71. The molecule has 8 heteroatoms. The van der Waals surface area contributed by atoms with E-state index in [2.05, 4.69) is 25.5 Å². The number of fused-ring (bicyclic) bond motifs is 1. The molecule has 0 bridgehead atoms. The minimum atomic E-state index is -4.39. The fraction of sp³-hybridized carbons (Fsp3) is 0.105. The second-order valence-corrected chi connectivity index (χ2v) is 5.98. The third-order valence-corrected chi connectivity index (χ3v) is 4.17. The Morgan fingerprint density at radius 1 is 1.00 bits per heavy atom. The molecule has 2 aromatic heterocycles. The van der Waals surface area contributed by atoms with Crippen LogP contribution in [0.4, 0.5) is 18.9 Å². The minimum Gasteiger partial charge on any atom is -0.380 e. The molecule has 27 heavy (non-hydrogen) atoms. The van der Waals surface area contributed by atoms with Crippen LogP contribution in [-0.2, 0) is 12.7 Å². The summed E-state index contributed by atoms with van der Waals surface area (Å²) in [6.07, 6.45) is -1.45. The topological polar surface area (TPSA) is 66.5 Å². The summed E-state index contributed by atoms with van der Waals surface area (Å²) < 4.78 is 38.7. The number of anilines is 1. The van der Waals surface area contributed by atoms with Gasteiger partial charge < -0.3 is 5.32 Å². The molecular formula is C19H14F3N5. The molecule has 0 saturated heterocycles. The van der Waals surface area contributed by atoms with Gasteiger partial charge in [0.15, 0.2) is 5.82 Å². The number of halogens is 3. The minimum absolute atomic E-state index is 0.297. The predicted octanol–water partition coefficient (Wildman–Crippen LogP) is 4.65. The van der Waals surface area contributed by atoms with Gasteiger partial charge in [-0.15, -0.1) is 0 Å². The summed E-state index contributed by atoms with van der Waals surface area (Å²) in [5.74, 6) is 0.672. The molecule has 0 aliphatic rings. The Morgan fingerprint density at radius 3 is 2.67 bits per heavy atom. The zero-order chi connectivity index (χ0) is 18.9. The molecular weight excluding hydrogens is 355 g/mol. The first kappa shape index (κ1) is 17.0. The van der Waals surface area contributed by atoms with E-state index in [0.717, 1.165) is 28.9 Å². The third-order valence-electron chi connectivity index (χ3n) is 4.17. The highest BCUT2D eigenvalue weighted by atomic mass is 19.4. The number of rotatable bonds is 4. The summed E-state index contributed by atoms with van der Waals surface area (Å²) in [4.78, 5) is 8.19. The maximum atomic E-state index is 12.9. The number of hydrogen-bond acceptors (Lipinski definition) is 4. The van der Waals surface area contributed by atoms with E-state index in [1.54, 1.807) is 6.07 Å². The molecule has 0 spiro atoms. The molecule has 2 heterocycles. The van der Waals surface area contributed by atoms with Crippen LogP contribution >= 0.6 is 0 Å². The van der Waals surface area contributed by atoms with Crippen LogP contribution in [-0.4, -0.2) is 20.2 Å². The smallest absolute Gasteiger partial charge is 0.380 e. The molecule has 0 atom stereocenters. The average Bonchev–Trinajstić information content (AvgIpc) is 3.20. The maximum Gasteiger partial charge on any atom is 0.416 e. The van der Waals surface area contributed by atoms with Gasteiger partial charge in [-0.25, -0.2) is 4.98 Å².